The van der Waals surface area contributed by atoms with Crippen LogP contribution in [0.15, 0.2) is 12.5 Å². The van der Waals surface area contributed by atoms with Gasteiger partial charge in [-0.2, -0.15) is 20.4 Å². The molecular weight excluding hydrogens is 799 g/mol. The number of phosphoric acid groups is 3. The smallest absolute Gasteiger partial charge is 0.356 e. The number of aromatic nitrogens is 2. The lowest BCUT2D eigenvalue weighted by Gasteiger charge is -2.19. The van der Waals surface area contributed by atoms with E-state index in [4.69, 9.17) is 14.5 Å². The van der Waals surface area contributed by atoms with Gasteiger partial charge in [0.1, 0.15) is 11.9 Å². The molecule has 0 radical (unpaired) electrons. The number of thioether (sulfide) groups is 1. The summed E-state index contributed by atoms with van der Waals surface area (Å²) in [4.78, 5) is 88.5. The average Bonchev–Trinajstić information content (AvgIpc) is 3.86. The van der Waals surface area contributed by atoms with Gasteiger partial charge in [0.2, 0.25) is 11.8 Å². The van der Waals surface area contributed by atoms with Crippen molar-refractivity contribution >= 4 is 59.0 Å². The van der Waals surface area contributed by atoms with Crippen LogP contribution in [0.25, 0.3) is 0 Å². The number of carbonyl (C=O) groups is 4. The molecule has 0 saturated carbocycles. The highest BCUT2D eigenvalue weighted by molar-refractivity contribution is 8.00. The standard InChI is InChI=1S/C28H48N7O15P3S/c36-22(9-2-1-5-13-29-23(37)10-4-3-8-21-26-20(17-54-21)33-28(39)34-26)30-14-6-7-15-31-27(38)19-16-35(18-32-19)24-11-12-25(47-24)48-52(43,44)50-53(45,46)49-51(40,41)42/h16,18,20-21,24-26H,1-15,17H2,(H,29,37)(H,30,36)(H,31,38)(H,43,44)(H,45,46)(H2,33,34,39)(H2,40,41,42). The Hall–Kier alpha value is -2.39. The summed E-state index contributed by atoms with van der Waals surface area (Å²) in [7, 11) is -16.6. The number of phosphoric ester groups is 1. The third-order valence-electron chi connectivity index (χ3n) is 8.49. The van der Waals surface area contributed by atoms with Gasteiger partial charge in [-0.15, -0.1) is 0 Å². The number of nitrogens with one attached hydrogen (secondary N) is 5. The zero-order valence-electron chi connectivity index (χ0n) is 29.3. The molecule has 7 atom stereocenters. The third kappa shape index (κ3) is 15.6. The lowest BCUT2D eigenvalue weighted by molar-refractivity contribution is -0.122. The Morgan fingerprint density at radius 1 is 0.870 bits per heavy atom. The molecule has 26 heteroatoms. The van der Waals surface area contributed by atoms with E-state index in [1.54, 1.807) is 0 Å². The first-order valence-corrected chi connectivity index (χ1v) is 23.1. The second-order valence-corrected chi connectivity index (χ2v) is 18.5. The topological polar surface area (TPSA) is 315 Å². The zero-order valence-corrected chi connectivity index (χ0v) is 32.8. The van der Waals surface area contributed by atoms with E-state index in [1.807, 2.05) is 11.8 Å². The van der Waals surface area contributed by atoms with Crippen molar-refractivity contribution in [2.75, 3.05) is 25.4 Å². The number of amides is 5. The summed E-state index contributed by atoms with van der Waals surface area (Å²) in [6, 6.07) is 0.305. The maximum atomic E-state index is 12.5. The number of imidazole rings is 1. The predicted octanol–water partition coefficient (Wildman–Crippen LogP) is 1.89. The van der Waals surface area contributed by atoms with Crippen LogP contribution in [0.5, 0.6) is 0 Å². The van der Waals surface area contributed by atoms with E-state index in [1.165, 1.54) is 17.1 Å². The Bertz CT molecular complexity index is 1600. The van der Waals surface area contributed by atoms with E-state index in [0.717, 1.165) is 37.9 Å². The summed E-state index contributed by atoms with van der Waals surface area (Å²) >= 11 is 1.87. The highest BCUT2D eigenvalue weighted by Crippen LogP contribution is 2.67. The minimum Gasteiger partial charge on any atom is -0.356 e. The highest BCUT2D eigenvalue weighted by Gasteiger charge is 2.44. The van der Waals surface area contributed by atoms with Crippen molar-refractivity contribution < 1.29 is 70.3 Å². The van der Waals surface area contributed by atoms with Crippen LogP contribution in [-0.4, -0.2) is 102 Å². The summed E-state index contributed by atoms with van der Waals surface area (Å²) < 4.78 is 53.2. The maximum absolute atomic E-state index is 12.5. The Morgan fingerprint density at radius 2 is 1.52 bits per heavy atom. The van der Waals surface area contributed by atoms with Crippen molar-refractivity contribution in [1.29, 1.82) is 0 Å². The van der Waals surface area contributed by atoms with Crippen LogP contribution in [0.3, 0.4) is 0 Å². The van der Waals surface area contributed by atoms with E-state index < -0.39 is 41.9 Å². The molecule has 0 aliphatic carbocycles. The van der Waals surface area contributed by atoms with E-state index in [2.05, 4.69) is 44.7 Å². The Labute approximate surface area is 315 Å². The number of nitrogens with zero attached hydrogens (tertiary/aromatic N) is 2. The van der Waals surface area contributed by atoms with Crippen molar-refractivity contribution in [1.82, 2.24) is 36.1 Å². The summed E-state index contributed by atoms with van der Waals surface area (Å²) in [5, 5.41) is 14.8. The maximum Gasteiger partial charge on any atom is 0.490 e. The van der Waals surface area contributed by atoms with Crippen molar-refractivity contribution in [2.24, 2.45) is 0 Å². The molecule has 0 aromatic carbocycles. The van der Waals surface area contributed by atoms with Crippen LogP contribution in [0.1, 0.15) is 93.8 Å². The second-order valence-electron chi connectivity index (χ2n) is 12.8. The first-order valence-electron chi connectivity index (χ1n) is 17.5. The Balaban J connectivity index is 0.967. The van der Waals surface area contributed by atoms with E-state index in [0.29, 0.717) is 57.0 Å². The summed E-state index contributed by atoms with van der Waals surface area (Å²) in [6.07, 6.45) is 7.80. The molecule has 0 bridgehead atoms. The third-order valence-corrected chi connectivity index (χ3v) is 13.8. The van der Waals surface area contributed by atoms with Crippen molar-refractivity contribution in [3.05, 3.63) is 18.2 Å². The molecule has 7 unspecified atom stereocenters. The van der Waals surface area contributed by atoms with Gasteiger partial charge >= 0.3 is 29.5 Å². The van der Waals surface area contributed by atoms with Crippen LogP contribution in [0, 0.1) is 0 Å². The zero-order chi connectivity index (χ0) is 39.4. The molecule has 4 rings (SSSR count). The van der Waals surface area contributed by atoms with Crippen molar-refractivity contribution in [3.63, 3.8) is 0 Å². The lowest BCUT2D eigenvalue weighted by Crippen LogP contribution is -2.36. The molecule has 306 valence electrons. The van der Waals surface area contributed by atoms with Gasteiger partial charge in [0.15, 0.2) is 6.29 Å². The van der Waals surface area contributed by atoms with Crippen molar-refractivity contribution in [3.8, 4) is 0 Å². The van der Waals surface area contributed by atoms with E-state index in [9.17, 15) is 42.7 Å². The second kappa shape index (κ2) is 20.7. The van der Waals surface area contributed by atoms with Gasteiger partial charge in [-0.25, -0.2) is 23.5 Å². The molecule has 0 spiro atoms. The van der Waals surface area contributed by atoms with Crippen LogP contribution in [0.4, 0.5) is 4.79 Å². The molecule has 22 nitrogen and oxygen atoms in total. The van der Waals surface area contributed by atoms with E-state index in [-0.39, 0.29) is 48.5 Å². The minimum atomic E-state index is -5.66. The molecule has 1 aromatic heterocycles. The number of rotatable bonds is 24. The van der Waals surface area contributed by atoms with Gasteiger partial charge in [0.25, 0.3) is 5.91 Å². The monoisotopic (exact) mass is 847 g/mol. The molecule has 3 aliphatic heterocycles. The number of hydrogen-bond acceptors (Lipinski definition) is 13. The van der Waals surface area contributed by atoms with E-state index >= 15 is 0 Å². The van der Waals surface area contributed by atoms with Crippen LogP contribution in [0.2, 0.25) is 0 Å². The fourth-order valence-electron chi connectivity index (χ4n) is 5.98. The predicted molar refractivity (Wildman–Crippen MR) is 190 cm³/mol. The largest absolute Gasteiger partial charge is 0.490 e. The quantitative estimate of drug-likeness (QED) is 0.0407. The molecule has 54 heavy (non-hydrogen) atoms. The molecule has 3 aliphatic rings. The molecule has 5 amide bonds. The van der Waals surface area contributed by atoms with Gasteiger partial charge in [0, 0.05) is 56.1 Å². The Kier molecular flexibility index (Phi) is 17.0. The fourth-order valence-corrected chi connectivity index (χ4v) is 10.6. The lowest BCUT2D eigenvalue weighted by atomic mass is 10.0. The average molecular weight is 848 g/mol. The summed E-state index contributed by atoms with van der Waals surface area (Å²) in [6.45, 7) is 1.35. The molecule has 9 N–H and O–H groups in total. The van der Waals surface area contributed by atoms with Gasteiger partial charge in [-0.1, -0.05) is 12.8 Å². The molecule has 4 heterocycles. The normalized spacial score (nSPS) is 24.5. The van der Waals surface area contributed by atoms with Crippen LogP contribution < -0.4 is 26.6 Å². The Morgan fingerprint density at radius 3 is 2.20 bits per heavy atom. The van der Waals surface area contributed by atoms with Gasteiger partial charge in [0.05, 0.1) is 18.4 Å². The summed E-state index contributed by atoms with van der Waals surface area (Å²) in [5.74, 6) is 0.427. The minimum absolute atomic E-state index is 0.00887. The number of fused-ring (bicyclic) bond motifs is 1. The molecule has 3 saturated heterocycles. The first-order chi connectivity index (χ1) is 25.5. The summed E-state index contributed by atoms with van der Waals surface area (Å²) in [5.41, 5.74) is 0.0647. The molecule has 3 fully saturated rings. The van der Waals surface area contributed by atoms with Gasteiger partial charge < -0.3 is 55.5 Å². The molecular formula is C28H48N7O15P3S. The van der Waals surface area contributed by atoms with Gasteiger partial charge in [-0.3, -0.25) is 18.9 Å². The number of urea groups is 1. The van der Waals surface area contributed by atoms with Crippen LogP contribution >= 0.6 is 35.2 Å². The fraction of sp³-hybridized carbons (Fsp3) is 0.750. The highest BCUT2D eigenvalue weighted by atomic mass is 32.2. The molecule has 1 aromatic rings. The van der Waals surface area contributed by atoms with Gasteiger partial charge in [-0.05, 0) is 44.9 Å². The van der Waals surface area contributed by atoms with Crippen LogP contribution in [-0.2, 0) is 41.2 Å². The first kappa shape index (κ1) is 44.3. The number of unbranched alkanes of at least 4 members (excludes halogenated alkanes) is 4. The number of ether oxygens (including phenoxy) is 1. The number of hydrogen-bond donors (Lipinski definition) is 9. The number of carbonyl (C=O) groups excluding carboxylic acids is 4. The SMILES string of the molecule is O=C(CCCCCNC(=O)CCCCC1SCC2NC(=O)NC21)NCCCCNC(=O)c1cn(C2CCC(OP(=O)(O)OP(=O)(O)OP(=O)(O)O)O2)cn1. The van der Waals surface area contributed by atoms with Crippen molar-refractivity contribution in [2.45, 2.75) is 107 Å².